The Labute approximate surface area is 230 Å². The van der Waals surface area contributed by atoms with Crippen LogP contribution >= 0.6 is 0 Å². The minimum atomic E-state index is -4.46. The lowest BCUT2D eigenvalue weighted by Gasteiger charge is -2.33. The predicted octanol–water partition coefficient (Wildman–Crippen LogP) is 3.66. The topological polar surface area (TPSA) is 102 Å². The molecule has 0 bridgehead atoms. The molecule has 1 fully saturated rings. The lowest BCUT2D eigenvalue weighted by molar-refractivity contribution is -0.140. The first-order valence-electron chi connectivity index (χ1n) is 12.5. The number of nitrogens with zero attached hydrogens (tertiary/aromatic N) is 2. The van der Waals surface area contributed by atoms with E-state index in [-0.39, 0.29) is 23.6 Å². The van der Waals surface area contributed by atoms with E-state index in [9.17, 15) is 22.4 Å². The summed E-state index contributed by atoms with van der Waals surface area (Å²) in [4.78, 5) is 13.8. The molecule has 2 atom stereocenters. The lowest BCUT2D eigenvalue weighted by Crippen LogP contribution is -2.46. The molecule has 1 aliphatic heterocycles. The van der Waals surface area contributed by atoms with E-state index in [4.69, 9.17) is 4.74 Å². The van der Waals surface area contributed by atoms with Gasteiger partial charge < -0.3 is 35.6 Å². The van der Waals surface area contributed by atoms with Gasteiger partial charge in [0, 0.05) is 36.8 Å². The molecule has 4 rings (SSSR count). The summed E-state index contributed by atoms with van der Waals surface area (Å²) in [5.74, 6) is 5.90. The Hall–Kier alpha value is -3.95. The number of hydrogen-bond acceptors (Lipinski definition) is 5. The molecule has 0 saturated carbocycles. The van der Waals surface area contributed by atoms with Gasteiger partial charge in [0.15, 0.2) is 0 Å². The Morgan fingerprint density at radius 2 is 1.95 bits per heavy atom. The maximum absolute atomic E-state index is 14.7. The van der Waals surface area contributed by atoms with Gasteiger partial charge in [-0.1, -0.05) is 12.0 Å². The van der Waals surface area contributed by atoms with Crippen molar-refractivity contribution in [1.82, 2.24) is 14.8 Å². The van der Waals surface area contributed by atoms with Crippen LogP contribution in [0.1, 0.15) is 22.5 Å². The van der Waals surface area contributed by atoms with Crippen molar-refractivity contribution in [2.24, 2.45) is 0 Å². The van der Waals surface area contributed by atoms with E-state index in [2.05, 4.69) is 27.8 Å². The Kier molecular flexibility index (Phi) is 9.89. The van der Waals surface area contributed by atoms with Gasteiger partial charge in [-0.15, -0.1) is 0 Å². The number of carbonyl (C=O) groups is 1. The standard InChI is InChI=1S/C28H31F4N5O2.H2O/c1-33-27(38)18-9-10-24(26(14-18)39-3)34-12-5-6-19-15-20-22(35-23-11-13-36(2)16-21(23)29)7-4-8-25(20)37(19)17-28(30,31)32;/h4,7-10,14-15,21,23,34-35H,11-13,16-17H2,1-3H3,(H,33,38);1H2/t21-,23+;/m0./s1. The summed E-state index contributed by atoms with van der Waals surface area (Å²) in [6, 6.07) is 11.1. The van der Waals surface area contributed by atoms with Crippen LogP contribution in [0.3, 0.4) is 0 Å². The van der Waals surface area contributed by atoms with Crippen molar-refractivity contribution in [1.29, 1.82) is 0 Å². The summed E-state index contributed by atoms with van der Waals surface area (Å²) >= 11 is 0. The van der Waals surface area contributed by atoms with Gasteiger partial charge in [-0.05, 0) is 55.8 Å². The van der Waals surface area contributed by atoms with Crippen LogP contribution in [-0.2, 0) is 6.54 Å². The summed E-state index contributed by atoms with van der Waals surface area (Å²) in [5.41, 5.74) is 2.14. The fourth-order valence-electron chi connectivity index (χ4n) is 4.68. The van der Waals surface area contributed by atoms with Gasteiger partial charge in [0.25, 0.3) is 5.91 Å². The number of nitrogens with one attached hydrogen (secondary N) is 3. The zero-order chi connectivity index (χ0) is 28.2. The lowest BCUT2D eigenvalue weighted by atomic mass is 10.0. The number of likely N-dealkylation sites (tertiary alicyclic amines) is 1. The molecule has 5 N–H and O–H groups in total. The fourth-order valence-corrected chi connectivity index (χ4v) is 4.68. The van der Waals surface area contributed by atoms with E-state index in [0.29, 0.717) is 46.6 Å². The second kappa shape index (κ2) is 12.9. The molecule has 1 amide bonds. The first kappa shape index (κ1) is 30.6. The van der Waals surface area contributed by atoms with Crippen molar-refractivity contribution in [3.63, 3.8) is 0 Å². The van der Waals surface area contributed by atoms with Crippen LogP contribution in [0, 0.1) is 11.8 Å². The second-order valence-corrected chi connectivity index (χ2v) is 9.44. The molecule has 0 unspecified atom stereocenters. The summed E-state index contributed by atoms with van der Waals surface area (Å²) in [6.45, 7) is -0.0580. The summed E-state index contributed by atoms with van der Waals surface area (Å²) in [7, 11) is 4.86. The average molecular weight is 564 g/mol. The van der Waals surface area contributed by atoms with Crippen LogP contribution < -0.4 is 20.7 Å². The van der Waals surface area contributed by atoms with Crippen molar-refractivity contribution in [2.75, 3.05) is 51.5 Å². The first-order valence-corrected chi connectivity index (χ1v) is 12.5. The van der Waals surface area contributed by atoms with Crippen LogP contribution in [0.5, 0.6) is 5.75 Å². The van der Waals surface area contributed by atoms with Crippen LogP contribution in [0.15, 0.2) is 42.5 Å². The number of fused-ring (bicyclic) bond motifs is 1. The number of piperidine rings is 1. The van der Waals surface area contributed by atoms with Crippen molar-refractivity contribution >= 4 is 28.2 Å². The second-order valence-electron chi connectivity index (χ2n) is 9.44. The summed E-state index contributed by atoms with van der Waals surface area (Å²) < 4.78 is 61.6. The highest BCUT2D eigenvalue weighted by atomic mass is 19.4. The highest BCUT2D eigenvalue weighted by Crippen LogP contribution is 2.32. The highest BCUT2D eigenvalue weighted by molar-refractivity contribution is 5.95. The van der Waals surface area contributed by atoms with Crippen molar-refractivity contribution < 1.29 is 32.6 Å². The van der Waals surface area contributed by atoms with Crippen LogP contribution in [0.4, 0.5) is 28.9 Å². The molecule has 1 saturated heterocycles. The summed E-state index contributed by atoms with van der Waals surface area (Å²) in [5, 5.41) is 9.38. The van der Waals surface area contributed by atoms with Gasteiger partial charge in [0.2, 0.25) is 0 Å². The number of amides is 1. The molecule has 216 valence electrons. The molecule has 8 nitrogen and oxygen atoms in total. The Morgan fingerprint density at radius 1 is 1.18 bits per heavy atom. The third-order valence-corrected chi connectivity index (χ3v) is 6.64. The molecule has 1 aliphatic rings. The minimum Gasteiger partial charge on any atom is -0.495 e. The highest BCUT2D eigenvalue weighted by Gasteiger charge is 2.31. The summed E-state index contributed by atoms with van der Waals surface area (Å²) in [6.07, 6.45) is -4.96. The van der Waals surface area contributed by atoms with E-state index >= 15 is 0 Å². The number of rotatable bonds is 7. The largest absolute Gasteiger partial charge is 0.495 e. The molecule has 0 spiro atoms. The van der Waals surface area contributed by atoms with Crippen molar-refractivity contribution in [2.45, 2.75) is 31.4 Å². The van der Waals surface area contributed by atoms with Crippen LogP contribution in [0.2, 0.25) is 0 Å². The predicted molar refractivity (Wildman–Crippen MR) is 148 cm³/mol. The number of alkyl halides is 4. The van der Waals surface area contributed by atoms with Crippen LogP contribution in [0.25, 0.3) is 10.9 Å². The molecule has 0 aliphatic carbocycles. The smallest absolute Gasteiger partial charge is 0.406 e. The Morgan fingerprint density at radius 3 is 2.62 bits per heavy atom. The molecular weight excluding hydrogens is 530 g/mol. The molecule has 3 aromatic rings. The van der Waals surface area contributed by atoms with Crippen molar-refractivity contribution in [3.05, 3.63) is 53.7 Å². The van der Waals surface area contributed by atoms with Gasteiger partial charge in [0.05, 0.1) is 36.6 Å². The Balaban J connectivity index is 0.00000441. The van der Waals surface area contributed by atoms with E-state index in [1.807, 2.05) is 11.9 Å². The number of hydrogen-bond donors (Lipinski definition) is 3. The van der Waals surface area contributed by atoms with Gasteiger partial charge in [-0.2, -0.15) is 13.2 Å². The monoisotopic (exact) mass is 563 g/mol. The van der Waals surface area contributed by atoms with Gasteiger partial charge in [-0.25, -0.2) is 4.39 Å². The quantitative estimate of drug-likeness (QED) is 0.301. The minimum absolute atomic E-state index is 0. The number of anilines is 2. The van der Waals surface area contributed by atoms with E-state index in [1.165, 1.54) is 14.2 Å². The maximum Gasteiger partial charge on any atom is 0.406 e. The zero-order valence-corrected chi connectivity index (χ0v) is 22.5. The number of carbonyl (C=O) groups excluding carboxylic acids is 1. The van der Waals surface area contributed by atoms with Gasteiger partial charge in [-0.3, -0.25) is 4.79 Å². The normalized spacial score (nSPS) is 17.4. The number of benzene rings is 2. The Bertz CT molecular complexity index is 1400. The van der Waals surface area contributed by atoms with Crippen LogP contribution in [-0.4, -0.2) is 80.1 Å². The number of aromatic nitrogens is 1. The zero-order valence-electron chi connectivity index (χ0n) is 22.5. The van der Waals surface area contributed by atoms with Crippen molar-refractivity contribution in [3.8, 4) is 17.6 Å². The molecular formula is C28H33F4N5O3. The average Bonchev–Trinajstić information content (AvgIpc) is 3.24. The molecule has 0 radical (unpaired) electrons. The maximum atomic E-state index is 14.7. The van der Waals surface area contributed by atoms with E-state index < -0.39 is 24.9 Å². The number of ether oxygens (including phenoxy) is 1. The van der Waals surface area contributed by atoms with E-state index in [0.717, 1.165) is 11.1 Å². The first-order chi connectivity index (χ1) is 18.6. The number of methoxy groups -OCH3 is 1. The fraction of sp³-hybridized carbons (Fsp3) is 0.393. The molecule has 1 aromatic heterocycles. The van der Waals surface area contributed by atoms with Gasteiger partial charge in [0.1, 0.15) is 18.5 Å². The molecule has 12 heteroatoms. The molecule has 2 aromatic carbocycles. The third-order valence-electron chi connectivity index (χ3n) is 6.64. The molecule has 2 heterocycles. The third kappa shape index (κ3) is 7.16. The molecule has 40 heavy (non-hydrogen) atoms. The van der Waals surface area contributed by atoms with E-state index in [1.54, 1.807) is 42.5 Å². The number of halogens is 4. The van der Waals surface area contributed by atoms with Gasteiger partial charge >= 0.3 is 6.18 Å². The SMILES string of the molecule is CNC(=O)c1ccc(NCC#Cc2cc3c(N[C@@H]4CCN(C)C[C@@H]4F)cccc3n2CC(F)(F)F)c(OC)c1.O.